The molecule has 0 rings (SSSR count). The van der Waals surface area contributed by atoms with Crippen LogP contribution in [-0.4, -0.2) is 15.9 Å². The number of hydrogen-bond donors (Lipinski definition) is 3. The highest BCUT2D eigenvalue weighted by Crippen LogP contribution is 2.34. The van der Waals surface area contributed by atoms with Crippen LogP contribution in [-0.2, 0) is 4.57 Å². The maximum atomic E-state index is 10.0. The van der Waals surface area contributed by atoms with Gasteiger partial charge in [-0.05, 0) is 6.42 Å². The fourth-order valence-electron chi connectivity index (χ4n) is 0.243. The minimum atomic E-state index is -3.79. The second kappa shape index (κ2) is 3.20. The van der Waals surface area contributed by atoms with Crippen LogP contribution in [0, 0.1) is 6.54 Å². The largest absolute Gasteiger partial charge is 0.326 e. The minimum absolute atomic E-state index is 0.149. The molecule has 0 heterocycles. The van der Waals surface area contributed by atoms with Crippen molar-refractivity contribution in [2.24, 2.45) is 5.73 Å². The zero-order chi connectivity index (χ0) is 6.62. The average Bonchev–Trinajstić information content (AvgIpc) is 1.59. The molecule has 49 valence electrons. The van der Waals surface area contributed by atoms with Gasteiger partial charge >= 0.3 is 7.60 Å². The van der Waals surface area contributed by atoms with Gasteiger partial charge in [-0.2, -0.15) is 0 Å². The Morgan fingerprint density at radius 1 is 1.62 bits per heavy atom. The smallest absolute Gasteiger partial charge is 0.325 e. The summed E-state index contributed by atoms with van der Waals surface area (Å²) in [5.41, 5.74) is 4.87. The van der Waals surface area contributed by atoms with Gasteiger partial charge in [0.1, 0.15) is 0 Å². The van der Waals surface area contributed by atoms with Crippen LogP contribution >= 0.6 is 7.60 Å². The van der Waals surface area contributed by atoms with Gasteiger partial charge in [-0.3, -0.25) is 4.57 Å². The molecule has 0 aromatic rings. The molecular formula is C3H9NO3P. The van der Waals surface area contributed by atoms with Gasteiger partial charge in [-0.15, -0.1) is 0 Å². The molecular weight excluding hydrogens is 129 g/mol. The molecule has 0 aliphatic carbocycles. The lowest BCUT2D eigenvalue weighted by Crippen LogP contribution is -1.94. The van der Waals surface area contributed by atoms with Crippen molar-refractivity contribution in [3.8, 4) is 0 Å². The number of rotatable bonds is 3. The lowest BCUT2D eigenvalue weighted by molar-refractivity contribution is 0.373. The van der Waals surface area contributed by atoms with E-state index in [9.17, 15) is 4.57 Å². The van der Waals surface area contributed by atoms with E-state index in [0.29, 0.717) is 0 Å². The first-order valence-corrected chi connectivity index (χ1v) is 3.94. The zero-order valence-corrected chi connectivity index (χ0v) is 5.21. The molecule has 0 saturated carbocycles. The van der Waals surface area contributed by atoms with Crippen LogP contribution in [0.4, 0.5) is 0 Å². The van der Waals surface area contributed by atoms with E-state index in [0.717, 1.165) is 0 Å². The molecule has 0 aliphatic heterocycles. The Labute approximate surface area is 47.9 Å². The lowest BCUT2D eigenvalue weighted by Gasteiger charge is -1.98. The van der Waals surface area contributed by atoms with E-state index < -0.39 is 7.60 Å². The molecule has 0 saturated heterocycles. The van der Waals surface area contributed by atoms with Crippen LogP contribution in [0.5, 0.6) is 0 Å². The van der Waals surface area contributed by atoms with Gasteiger partial charge in [-0.1, -0.05) is 0 Å². The Kier molecular flexibility index (Phi) is 3.24. The quantitative estimate of drug-likeness (QED) is 0.466. The maximum Gasteiger partial charge on any atom is 0.325 e. The summed E-state index contributed by atoms with van der Waals surface area (Å²) in [6.07, 6.45) is 0.119. The minimum Gasteiger partial charge on any atom is -0.326 e. The molecule has 5 heteroatoms. The summed E-state index contributed by atoms with van der Waals surface area (Å²) >= 11 is 0. The van der Waals surface area contributed by atoms with Crippen LogP contribution in [0.15, 0.2) is 0 Å². The first kappa shape index (κ1) is 8.11. The molecule has 0 amide bonds. The summed E-state index contributed by atoms with van der Waals surface area (Å²) in [4.78, 5) is 16.4. The Balaban J connectivity index is 3.26. The Hall–Kier alpha value is 0.110. The predicted octanol–water partition coefficient (Wildman–Crippen LogP) is -0.325. The van der Waals surface area contributed by atoms with Gasteiger partial charge in [0.25, 0.3) is 0 Å². The van der Waals surface area contributed by atoms with Crippen molar-refractivity contribution in [2.75, 3.05) is 6.16 Å². The van der Waals surface area contributed by atoms with Crippen molar-refractivity contribution in [2.45, 2.75) is 6.42 Å². The summed E-state index contributed by atoms with van der Waals surface area (Å²) in [6, 6.07) is 0. The van der Waals surface area contributed by atoms with E-state index in [1.165, 1.54) is 6.54 Å². The fourth-order valence-corrected chi connectivity index (χ4v) is 0.728. The average molecular weight is 138 g/mol. The topological polar surface area (TPSA) is 83.6 Å². The third-order valence-electron chi connectivity index (χ3n) is 0.587. The highest BCUT2D eigenvalue weighted by molar-refractivity contribution is 7.51. The van der Waals surface area contributed by atoms with Crippen molar-refractivity contribution in [3.05, 3.63) is 6.54 Å². The van der Waals surface area contributed by atoms with Crippen molar-refractivity contribution in [3.63, 3.8) is 0 Å². The molecule has 0 bridgehead atoms. The van der Waals surface area contributed by atoms with E-state index in [4.69, 9.17) is 15.5 Å². The Morgan fingerprint density at radius 2 is 2.12 bits per heavy atom. The molecule has 0 aromatic heterocycles. The first-order valence-electron chi connectivity index (χ1n) is 2.14. The molecule has 0 atom stereocenters. The van der Waals surface area contributed by atoms with Crippen molar-refractivity contribution < 1.29 is 14.4 Å². The van der Waals surface area contributed by atoms with Gasteiger partial charge < -0.3 is 15.5 Å². The van der Waals surface area contributed by atoms with Gasteiger partial charge in [0.05, 0.1) is 6.16 Å². The highest BCUT2D eigenvalue weighted by atomic mass is 31.2. The van der Waals surface area contributed by atoms with Crippen LogP contribution in [0.2, 0.25) is 0 Å². The van der Waals surface area contributed by atoms with E-state index in [1.807, 2.05) is 0 Å². The molecule has 0 unspecified atom stereocenters. The third-order valence-corrected chi connectivity index (χ3v) is 1.43. The lowest BCUT2D eigenvalue weighted by atomic mass is 10.5. The normalized spacial score (nSPS) is 11.9. The van der Waals surface area contributed by atoms with Gasteiger partial charge in [0, 0.05) is 6.54 Å². The number of nitrogens with two attached hydrogens (primary N) is 1. The molecule has 0 aromatic carbocycles. The van der Waals surface area contributed by atoms with Crippen LogP contribution < -0.4 is 5.73 Å². The maximum absolute atomic E-state index is 10.0. The first-order chi connectivity index (χ1) is 3.56. The van der Waals surface area contributed by atoms with Crippen LogP contribution in [0.1, 0.15) is 6.42 Å². The van der Waals surface area contributed by atoms with E-state index >= 15 is 0 Å². The zero-order valence-electron chi connectivity index (χ0n) is 4.32. The molecule has 0 spiro atoms. The summed E-state index contributed by atoms with van der Waals surface area (Å²) in [5, 5.41) is 0. The molecule has 4 N–H and O–H groups in total. The summed E-state index contributed by atoms with van der Waals surface area (Å²) < 4.78 is 10.0. The molecule has 1 radical (unpaired) electrons. The van der Waals surface area contributed by atoms with Crippen LogP contribution in [0.25, 0.3) is 0 Å². The third kappa shape index (κ3) is 6.11. The SMILES string of the molecule is N[CH]CCP(=O)(O)O. The molecule has 0 aliphatic rings. The Bertz CT molecular complexity index is 98.7. The van der Waals surface area contributed by atoms with Crippen molar-refractivity contribution >= 4 is 7.60 Å². The second-order valence-electron chi connectivity index (χ2n) is 1.41. The predicted molar refractivity (Wildman–Crippen MR) is 30.0 cm³/mol. The monoisotopic (exact) mass is 138 g/mol. The standard InChI is InChI=1S/C3H9NO3P/c4-2-1-3-8(5,6)7/h2H,1,3-4H2,(H2,5,6,7). The molecule has 4 nitrogen and oxygen atoms in total. The summed E-state index contributed by atoms with van der Waals surface area (Å²) in [7, 11) is -3.79. The molecule has 8 heavy (non-hydrogen) atoms. The Morgan fingerprint density at radius 3 is 2.25 bits per heavy atom. The summed E-state index contributed by atoms with van der Waals surface area (Å²) in [6.45, 7) is 1.24. The summed E-state index contributed by atoms with van der Waals surface area (Å²) in [5.74, 6) is 0. The van der Waals surface area contributed by atoms with Gasteiger partial charge in [-0.25, -0.2) is 0 Å². The number of hydrogen-bond acceptors (Lipinski definition) is 2. The highest BCUT2D eigenvalue weighted by Gasteiger charge is 2.09. The van der Waals surface area contributed by atoms with E-state index in [-0.39, 0.29) is 12.6 Å². The van der Waals surface area contributed by atoms with Gasteiger partial charge in [0.15, 0.2) is 0 Å². The van der Waals surface area contributed by atoms with Crippen LogP contribution in [0.3, 0.4) is 0 Å². The van der Waals surface area contributed by atoms with Gasteiger partial charge in [0.2, 0.25) is 0 Å². The van der Waals surface area contributed by atoms with Crippen molar-refractivity contribution in [1.29, 1.82) is 0 Å². The van der Waals surface area contributed by atoms with E-state index in [2.05, 4.69) is 0 Å². The molecule has 0 fully saturated rings. The van der Waals surface area contributed by atoms with E-state index in [1.54, 1.807) is 0 Å². The second-order valence-corrected chi connectivity index (χ2v) is 3.19. The fraction of sp³-hybridized carbons (Fsp3) is 0.667. The van der Waals surface area contributed by atoms with Crippen molar-refractivity contribution in [1.82, 2.24) is 0 Å².